The van der Waals surface area contributed by atoms with Gasteiger partial charge in [-0.15, -0.1) is 0 Å². The van der Waals surface area contributed by atoms with Gasteiger partial charge < -0.3 is 15.8 Å². The highest BCUT2D eigenvalue weighted by Crippen LogP contribution is 2.26. The topological polar surface area (TPSA) is 60.2 Å². The summed E-state index contributed by atoms with van der Waals surface area (Å²) in [6.45, 7) is 4.26. The fourth-order valence-electron chi connectivity index (χ4n) is 2.04. The predicted octanol–water partition coefficient (Wildman–Crippen LogP) is 1.31. The van der Waals surface area contributed by atoms with E-state index in [9.17, 15) is 0 Å². The lowest BCUT2D eigenvalue weighted by Crippen LogP contribution is -2.49. The minimum absolute atomic E-state index is 0.00956. The second-order valence-corrected chi connectivity index (χ2v) is 4.41. The molecule has 1 aromatic heterocycles. The first-order valence-electron chi connectivity index (χ1n) is 5.72. The summed E-state index contributed by atoms with van der Waals surface area (Å²) in [6, 6.07) is 2.00. The number of hydrogen-bond donors (Lipinski definition) is 2. The summed E-state index contributed by atoms with van der Waals surface area (Å²) in [4.78, 5) is 4.09. The molecule has 0 amide bonds. The van der Waals surface area contributed by atoms with E-state index >= 15 is 0 Å². The summed E-state index contributed by atoms with van der Waals surface area (Å²) in [7, 11) is 0. The molecule has 0 spiro atoms. The molecule has 1 aliphatic heterocycles. The summed E-state index contributed by atoms with van der Waals surface area (Å²) in [5.41, 5.74) is 8.17. The Morgan fingerprint density at radius 1 is 1.50 bits per heavy atom. The Kier molecular flexibility index (Phi) is 3.41. The molecule has 4 heteroatoms. The first-order valence-corrected chi connectivity index (χ1v) is 5.72. The number of ether oxygens (including phenoxy) is 1. The smallest absolute Gasteiger partial charge is 0.0539 e. The highest BCUT2D eigenvalue weighted by atomic mass is 16.5. The molecule has 1 fully saturated rings. The van der Waals surface area contributed by atoms with Gasteiger partial charge in [-0.25, -0.2) is 0 Å². The van der Waals surface area contributed by atoms with E-state index in [4.69, 9.17) is 10.5 Å². The predicted molar refractivity (Wildman–Crippen MR) is 64.4 cm³/mol. The van der Waals surface area contributed by atoms with Crippen LogP contribution in [0.25, 0.3) is 0 Å². The molecule has 1 aromatic rings. The normalized spacial score (nSPS) is 19.4. The molecule has 0 aromatic carbocycles. The minimum Gasteiger partial charge on any atom is -0.381 e. The summed E-state index contributed by atoms with van der Waals surface area (Å²) in [6.07, 6.45) is 5.60. The molecule has 3 N–H and O–H groups in total. The first-order chi connectivity index (χ1) is 7.76. The van der Waals surface area contributed by atoms with Crippen LogP contribution in [-0.2, 0) is 4.74 Å². The molecule has 4 nitrogen and oxygen atoms in total. The Balaban J connectivity index is 2.15. The number of nitrogens with one attached hydrogen (secondary N) is 1. The summed E-state index contributed by atoms with van der Waals surface area (Å²) in [5.74, 6) is 0. The molecule has 0 atom stereocenters. The van der Waals surface area contributed by atoms with Gasteiger partial charge in [0.25, 0.3) is 0 Å². The van der Waals surface area contributed by atoms with Crippen molar-refractivity contribution in [1.82, 2.24) is 4.98 Å². The van der Waals surface area contributed by atoms with Crippen LogP contribution in [0, 0.1) is 6.92 Å². The lowest BCUT2D eigenvalue weighted by atomic mass is 9.89. The van der Waals surface area contributed by atoms with Crippen LogP contribution in [0.5, 0.6) is 0 Å². The number of aromatic nitrogens is 1. The quantitative estimate of drug-likeness (QED) is 0.808. The van der Waals surface area contributed by atoms with Gasteiger partial charge in [-0.05, 0) is 31.4 Å². The van der Waals surface area contributed by atoms with E-state index < -0.39 is 0 Å². The average molecular weight is 221 g/mol. The van der Waals surface area contributed by atoms with Crippen molar-refractivity contribution in [1.29, 1.82) is 0 Å². The van der Waals surface area contributed by atoms with E-state index in [-0.39, 0.29) is 5.54 Å². The van der Waals surface area contributed by atoms with Gasteiger partial charge in [0.1, 0.15) is 0 Å². The molecule has 1 saturated heterocycles. The van der Waals surface area contributed by atoms with Gasteiger partial charge in [-0.2, -0.15) is 0 Å². The second kappa shape index (κ2) is 4.80. The maximum Gasteiger partial charge on any atom is 0.0539 e. The maximum absolute atomic E-state index is 5.90. The zero-order chi connectivity index (χ0) is 11.4. The standard InChI is InChI=1S/C12H19N3O/c1-10-8-14-5-2-11(10)15-12(9-13)3-6-16-7-4-12/h2,5,8H,3-4,6-7,9,13H2,1H3,(H,14,15). The molecule has 16 heavy (non-hydrogen) atoms. The van der Waals surface area contributed by atoms with Crippen molar-refractivity contribution in [2.75, 3.05) is 25.1 Å². The van der Waals surface area contributed by atoms with Crippen LogP contribution in [0.1, 0.15) is 18.4 Å². The van der Waals surface area contributed by atoms with Crippen LogP contribution in [0.2, 0.25) is 0 Å². The van der Waals surface area contributed by atoms with Gasteiger partial charge in [0.05, 0.1) is 5.54 Å². The Morgan fingerprint density at radius 2 is 2.25 bits per heavy atom. The molecule has 0 aliphatic carbocycles. The van der Waals surface area contributed by atoms with Crippen LogP contribution in [0.3, 0.4) is 0 Å². The van der Waals surface area contributed by atoms with Gasteiger partial charge in [0, 0.05) is 37.8 Å². The molecular formula is C12H19N3O. The Morgan fingerprint density at radius 3 is 2.88 bits per heavy atom. The molecular weight excluding hydrogens is 202 g/mol. The van der Waals surface area contributed by atoms with Crippen molar-refractivity contribution >= 4 is 5.69 Å². The Hall–Kier alpha value is -1.13. The second-order valence-electron chi connectivity index (χ2n) is 4.41. The number of anilines is 1. The summed E-state index contributed by atoms with van der Waals surface area (Å²) < 4.78 is 5.39. The van der Waals surface area contributed by atoms with Gasteiger partial charge >= 0.3 is 0 Å². The fourth-order valence-corrected chi connectivity index (χ4v) is 2.04. The van der Waals surface area contributed by atoms with Crippen LogP contribution in [-0.4, -0.2) is 30.3 Å². The minimum atomic E-state index is -0.00956. The van der Waals surface area contributed by atoms with E-state index in [1.165, 1.54) is 0 Å². The third kappa shape index (κ3) is 2.33. The molecule has 2 heterocycles. The number of hydrogen-bond acceptors (Lipinski definition) is 4. The highest BCUT2D eigenvalue weighted by molar-refractivity contribution is 5.51. The van der Waals surface area contributed by atoms with Gasteiger partial charge in [-0.3, -0.25) is 4.98 Å². The van der Waals surface area contributed by atoms with Crippen molar-refractivity contribution in [3.05, 3.63) is 24.0 Å². The SMILES string of the molecule is Cc1cnccc1NC1(CN)CCOCC1. The molecule has 0 saturated carbocycles. The molecule has 0 bridgehead atoms. The number of nitrogens with two attached hydrogens (primary N) is 1. The van der Waals surface area contributed by atoms with Gasteiger partial charge in [-0.1, -0.05) is 0 Å². The van der Waals surface area contributed by atoms with Crippen molar-refractivity contribution in [2.24, 2.45) is 5.73 Å². The third-order valence-electron chi connectivity index (χ3n) is 3.26. The zero-order valence-corrected chi connectivity index (χ0v) is 9.70. The maximum atomic E-state index is 5.90. The van der Waals surface area contributed by atoms with E-state index in [1.807, 2.05) is 12.3 Å². The van der Waals surface area contributed by atoms with Crippen molar-refractivity contribution in [2.45, 2.75) is 25.3 Å². The molecule has 0 unspecified atom stereocenters. The van der Waals surface area contributed by atoms with Crippen LogP contribution < -0.4 is 11.1 Å². The number of rotatable bonds is 3. The number of aryl methyl sites for hydroxylation is 1. The van der Waals surface area contributed by atoms with Crippen LogP contribution in [0.15, 0.2) is 18.5 Å². The third-order valence-corrected chi connectivity index (χ3v) is 3.26. The molecule has 2 rings (SSSR count). The monoisotopic (exact) mass is 221 g/mol. The highest BCUT2D eigenvalue weighted by Gasteiger charge is 2.31. The average Bonchev–Trinajstić information content (AvgIpc) is 2.33. The number of pyridine rings is 1. The molecule has 88 valence electrons. The lowest BCUT2D eigenvalue weighted by Gasteiger charge is -2.38. The number of nitrogens with zero attached hydrogens (tertiary/aromatic N) is 1. The van der Waals surface area contributed by atoms with E-state index in [0.717, 1.165) is 37.3 Å². The fraction of sp³-hybridized carbons (Fsp3) is 0.583. The van der Waals surface area contributed by atoms with Crippen molar-refractivity contribution < 1.29 is 4.74 Å². The molecule has 0 radical (unpaired) electrons. The zero-order valence-electron chi connectivity index (χ0n) is 9.70. The van der Waals surface area contributed by atoms with E-state index in [1.54, 1.807) is 6.20 Å². The van der Waals surface area contributed by atoms with Crippen molar-refractivity contribution in [3.8, 4) is 0 Å². The summed E-state index contributed by atoms with van der Waals surface area (Å²) in [5, 5.41) is 3.57. The van der Waals surface area contributed by atoms with Gasteiger partial charge in [0.15, 0.2) is 0 Å². The molecule has 1 aliphatic rings. The van der Waals surface area contributed by atoms with Crippen LogP contribution in [0.4, 0.5) is 5.69 Å². The Bertz CT molecular complexity index is 348. The lowest BCUT2D eigenvalue weighted by molar-refractivity contribution is 0.0628. The summed E-state index contributed by atoms with van der Waals surface area (Å²) >= 11 is 0. The van der Waals surface area contributed by atoms with E-state index in [0.29, 0.717) is 6.54 Å². The van der Waals surface area contributed by atoms with Gasteiger partial charge in [0.2, 0.25) is 0 Å². The van der Waals surface area contributed by atoms with Crippen LogP contribution >= 0.6 is 0 Å². The Labute approximate surface area is 96.2 Å². The van der Waals surface area contributed by atoms with Crippen molar-refractivity contribution in [3.63, 3.8) is 0 Å². The first kappa shape index (κ1) is 11.4. The largest absolute Gasteiger partial charge is 0.381 e. The van der Waals surface area contributed by atoms with E-state index in [2.05, 4.69) is 17.2 Å².